The van der Waals surface area contributed by atoms with Crippen LogP contribution in [0, 0.1) is 34.4 Å². The summed E-state index contributed by atoms with van der Waals surface area (Å²) >= 11 is 1.60. The smallest absolute Gasteiger partial charge is 0.311 e. The third kappa shape index (κ3) is 11.3. The van der Waals surface area contributed by atoms with E-state index in [1.54, 1.807) is 107 Å². The average Bonchev–Trinajstić information content (AvgIpc) is 3.53. The Balaban J connectivity index is 1.85. The molecule has 0 spiro atoms. The SMILES string of the molecule is Cc1ccc(C2OC(COC(=O)C(C)(C)C)[C@@H](OC(=O)C(C)(C)C)[C@H](OC(=O)C(C)(C)C)[C@H]2OC(=O)C(C)(C)C)cc1Cc1ccc(-c2ccc(F)cc2)s1. The molecular formula is C44H57FO9S. The number of esters is 4. The maximum Gasteiger partial charge on any atom is 0.311 e. The summed E-state index contributed by atoms with van der Waals surface area (Å²) in [7, 11) is 0. The summed E-state index contributed by atoms with van der Waals surface area (Å²) in [5.41, 5.74) is -0.255. The van der Waals surface area contributed by atoms with Crippen LogP contribution in [0.3, 0.4) is 0 Å². The van der Waals surface area contributed by atoms with E-state index in [4.69, 9.17) is 23.7 Å². The van der Waals surface area contributed by atoms with Gasteiger partial charge < -0.3 is 23.7 Å². The number of thiophene rings is 1. The average molecular weight is 781 g/mol. The first kappa shape index (κ1) is 43.6. The number of ether oxygens (including phenoxy) is 5. The summed E-state index contributed by atoms with van der Waals surface area (Å²) in [6.07, 6.45) is -5.53. The molecule has 0 amide bonds. The van der Waals surface area contributed by atoms with Crippen LogP contribution in [0.5, 0.6) is 0 Å². The van der Waals surface area contributed by atoms with Gasteiger partial charge in [-0.1, -0.05) is 30.3 Å². The Labute approximate surface area is 329 Å². The van der Waals surface area contributed by atoms with Gasteiger partial charge in [-0.05, 0) is 137 Å². The second kappa shape index (κ2) is 16.6. The Morgan fingerprint density at radius 3 is 1.69 bits per heavy atom. The van der Waals surface area contributed by atoms with E-state index in [9.17, 15) is 23.6 Å². The van der Waals surface area contributed by atoms with Gasteiger partial charge in [-0.15, -0.1) is 11.3 Å². The maximum absolute atomic E-state index is 13.7. The van der Waals surface area contributed by atoms with Crippen LogP contribution in [0.25, 0.3) is 10.4 Å². The first-order chi connectivity index (χ1) is 25.3. The molecule has 300 valence electrons. The second-order valence-electron chi connectivity index (χ2n) is 18.4. The third-order valence-corrected chi connectivity index (χ3v) is 10.2. The summed E-state index contributed by atoms with van der Waals surface area (Å²) in [5.74, 6) is -2.62. The van der Waals surface area contributed by atoms with Crippen molar-refractivity contribution in [2.75, 3.05) is 6.61 Å². The minimum atomic E-state index is -1.35. The molecule has 4 rings (SSSR count). The molecule has 0 N–H and O–H groups in total. The molecule has 1 saturated heterocycles. The number of benzene rings is 2. The quantitative estimate of drug-likeness (QED) is 0.155. The van der Waals surface area contributed by atoms with Crippen molar-refractivity contribution in [2.24, 2.45) is 21.7 Å². The molecule has 5 atom stereocenters. The second-order valence-corrected chi connectivity index (χ2v) is 19.6. The Morgan fingerprint density at radius 1 is 0.655 bits per heavy atom. The van der Waals surface area contributed by atoms with Crippen LogP contribution in [-0.4, -0.2) is 54.9 Å². The normalized spacial score (nSPS) is 20.7. The summed E-state index contributed by atoms with van der Waals surface area (Å²) in [6, 6.07) is 16.2. The fourth-order valence-electron chi connectivity index (χ4n) is 5.49. The Morgan fingerprint density at radius 2 is 1.16 bits per heavy atom. The predicted molar refractivity (Wildman–Crippen MR) is 210 cm³/mol. The van der Waals surface area contributed by atoms with Gasteiger partial charge in [-0.2, -0.15) is 0 Å². The molecule has 1 aliphatic heterocycles. The van der Waals surface area contributed by atoms with E-state index in [-0.39, 0.29) is 12.4 Å². The van der Waals surface area contributed by atoms with Gasteiger partial charge >= 0.3 is 23.9 Å². The van der Waals surface area contributed by atoms with Crippen LogP contribution in [0.1, 0.15) is 111 Å². The minimum Gasteiger partial charge on any atom is -0.462 e. The molecular weight excluding hydrogens is 724 g/mol. The highest BCUT2D eigenvalue weighted by Crippen LogP contribution is 2.41. The summed E-state index contributed by atoms with van der Waals surface area (Å²) in [4.78, 5) is 56.1. The summed E-state index contributed by atoms with van der Waals surface area (Å²) in [5, 5.41) is 0. The lowest BCUT2D eigenvalue weighted by atomic mass is 9.87. The van der Waals surface area contributed by atoms with Gasteiger partial charge in [-0.3, -0.25) is 19.2 Å². The molecule has 1 aromatic heterocycles. The van der Waals surface area contributed by atoms with E-state index >= 15 is 0 Å². The first-order valence-corrected chi connectivity index (χ1v) is 19.5. The van der Waals surface area contributed by atoms with Crippen LogP contribution in [0.15, 0.2) is 54.6 Å². The van der Waals surface area contributed by atoms with Crippen molar-refractivity contribution in [3.63, 3.8) is 0 Å². The Hall–Kier alpha value is -4.09. The van der Waals surface area contributed by atoms with Crippen LogP contribution >= 0.6 is 11.3 Å². The van der Waals surface area contributed by atoms with Gasteiger partial charge in [0.15, 0.2) is 18.3 Å². The molecule has 2 heterocycles. The Bertz CT molecular complexity index is 1850. The largest absolute Gasteiger partial charge is 0.462 e. The summed E-state index contributed by atoms with van der Waals surface area (Å²) < 4.78 is 44.7. The molecule has 0 radical (unpaired) electrons. The van der Waals surface area contributed by atoms with Gasteiger partial charge in [0.1, 0.15) is 24.6 Å². The maximum atomic E-state index is 13.7. The first-order valence-electron chi connectivity index (χ1n) is 18.7. The van der Waals surface area contributed by atoms with Crippen LogP contribution in [-0.2, 0) is 49.3 Å². The van der Waals surface area contributed by atoms with E-state index in [1.807, 2.05) is 37.3 Å². The zero-order valence-electron chi connectivity index (χ0n) is 34.5. The highest BCUT2D eigenvalue weighted by atomic mass is 32.1. The fraction of sp³-hybridized carbons (Fsp3) is 0.545. The molecule has 0 saturated carbocycles. The number of carbonyl (C=O) groups is 4. The van der Waals surface area contributed by atoms with E-state index in [0.29, 0.717) is 12.0 Å². The van der Waals surface area contributed by atoms with Crippen LogP contribution in [0.4, 0.5) is 4.39 Å². The molecule has 2 unspecified atom stereocenters. The lowest BCUT2D eigenvalue weighted by Gasteiger charge is -2.46. The fourth-order valence-corrected chi connectivity index (χ4v) is 6.52. The number of rotatable bonds is 9. The van der Waals surface area contributed by atoms with Crippen molar-refractivity contribution in [2.45, 2.75) is 127 Å². The minimum absolute atomic E-state index is 0.298. The van der Waals surface area contributed by atoms with Crippen molar-refractivity contribution >= 4 is 35.2 Å². The number of hydrogen-bond donors (Lipinski definition) is 0. The zero-order chi connectivity index (χ0) is 41.3. The monoisotopic (exact) mass is 780 g/mol. The molecule has 1 fully saturated rings. The van der Waals surface area contributed by atoms with E-state index in [1.165, 1.54) is 12.1 Å². The van der Waals surface area contributed by atoms with Crippen molar-refractivity contribution in [1.82, 2.24) is 0 Å². The molecule has 55 heavy (non-hydrogen) atoms. The number of carbonyl (C=O) groups excluding carboxylic acids is 4. The molecule has 3 aromatic rings. The number of aryl methyl sites for hydroxylation is 1. The van der Waals surface area contributed by atoms with Crippen molar-refractivity contribution in [3.8, 4) is 10.4 Å². The summed E-state index contributed by atoms with van der Waals surface area (Å²) in [6.45, 7) is 22.1. The van der Waals surface area contributed by atoms with Crippen LogP contribution < -0.4 is 0 Å². The van der Waals surface area contributed by atoms with Crippen LogP contribution in [0.2, 0.25) is 0 Å². The van der Waals surface area contributed by atoms with Gasteiger partial charge in [0.25, 0.3) is 0 Å². The highest BCUT2D eigenvalue weighted by Gasteiger charge is 2.55. The van der Waals surface area contributed by atoms with Gasteiger partial charge in [0.05, 0.1) is 21.7 Å². The molecule has 1 aliphatic rings. The van der Waals surface area contributed by atoms with E-state index in [0.717, 1.165) is 26.4 Å². The van der Waals surface area contributed by atoms with Crippen molar-refractivity contribution in [1.29, 1.82) is 0 Å². The van der Waals surface area contributed by atoms with Crippen molar-refractivity contribution < 1.29 is 47.3 Å². The lowest BCUT2D eigenvalue weighted by Crippen LogP contribution is -2.61. The Kier molecular flexibility index (Phi) is 13.1. The molecule has 11 heteroatoms. The highest BCUT2D eigenvalue weighted by molar-refractivity contribution is 7.15. The molecule has 0 aliphatic carbocycles. The van der Waals surface area contributed by atoms with E-state index < -0.39 is 76.1 Å². The van der Waals surface area contributed by atoms with E-state index in [2.05, 4.69) is 0 Å². The standard InChI is InChI=1S/C44H57FO9S/c1-25-14-15-27(22-28(25)23-30-20-21-32(55-30)26-16-18-29(45)19-17-26)33-35(53-39(48)43(8,9)10)36(54-40(49)44(11,12)13)34(52-38(47)42(5,6)7)31(51-33)24-50-37(46)41(2,3)4/h14-22,31,33-36H,23-24H2,1-13H3/t31?,33?,34-,35+,36+/m1/s1. The third-order valence-electron chi connectivity index (χ3n) is 9.05. The topological polar surface area (TPSA) is 114 Å². The predicted octanol–water partition coefficient (Wildman–Crippen LogP) is 9.36. The van der Waals surface area contributed by atoms with Crippen molar-refractivity contribution in [3.05, 3.63) is 82.0 Å². The van der Waals surface area contributed by atoms with Gasteiger partial charge in [0, 0.05) is 16.2 Å². The lowest BCUT2D eigenvalue weighted by molar-refractivity contribution is -0.262. The number of hydrogen-bond acceptors (Lipinski definition) is 10. The van der Waals surface area contributed by atoms with Gasteiger partial charge in [-0.25, -0.2) is 4.39 Å². The zero-order valence-corrected chi connectivity index (χ0v) is 35.3. The van der Waals surface area contributed by atoms with Gasteiger partial charge in [0.2, 0.25) is 0 Å². The molecule has 2 aromatic carbocycles. The molecule has 0 bridgehead atoms. The number of halogens is 1. The molecule has 9 nitrogen and oxygen atoms in total.